The summed E-state index contributed by atoms with van der Waals surface area (Å²) in [7, 11) is 6.77. The van der Waals surface area contributed by atoms with Crippen molar-refractivity contribution in [2.24, 2.45) is 0 Å². The molecular formula is C27H30N4O4S. The number of para-hydroxylation sites is 1. The van der Waals surface area contributed by atoms with Gasteiger partial charge in [0.25, 0.3) is 0 Å². The van der Waals surface area contributed by atoms with E-state index in [0.717, 1.165) is 37.7 Å². The maximum atomic E-state index is 11.5. The van der Waals surface area contributed by atoms with Crippen molar-refractivity contribution >= 4 is 27.5 Å². The van der Waals surface area contributed by atoms with Gasteiger partial charge in [0.15, 0.2) is 11.5 Å². The number of hydrogen-bond acceptors (Lipinski definition) is 9. The predicted molar refractivity (Wildman–Crippen MR) is 141 cm³/mol. The normalized spacial score (nSPS) is 11.4. The van der Waals surface area contributed by atoms with Crippen LogP contribution >= 0.6 is 11.3 Å². The minimum atomic E-state index is -0.281. The van der Waals surface area contributed by atoms with Crippen LogP contribution in [0.15, 0.2) is 54.6 Å². The van der Waals surface area contributed by atoms with Crippen LogP contribution in [0.1, 0.15) is 17.0 Å². The van der Waals surface area contributed by atoms with Gasteiger partial charge < -0.3 is 14.6 Å². The summed E-state index contributed by atoms with van der Waals surface area (Å²) >= 11 is 1.61. The van der Waals surface area contributed by atoms with E-state index in [1.165, 1.54) is 7.11 Å². The van der Waals surface area contributed by atoms with Crippen molar-refractivity contribution in [1.82, 2.24) is 19.8 Å². The van der Waals surface area contributed by atoms with Gasteiger partial charge in [0.2, 0.25) is 0 Å². The molecule has 0 saturated heterocycles. The average molecular weight is 507 g/mol. The van der Waals surface area contributed by atoms with Crippen LogP contribution in [-0.2, 0) is 29.2 Å². The number of phenolic OH excluding ortho intramolecular Hbond substituents is 1. The number of carbonyl (C=O) groups excluding carboxylic acids is 1. The lowest BCUT2D eigenvalue weighted by Crippen LogP contribution is -2.27. The van der Waals surface area contributed by atoms with E-state index in [-0.39, 0.29) is 18.3 Å². The smallest absolute Gasteiger partial charge is 0.319 e. The van der Waals surface area contributed by atoms with Crippen molar-refractivity contribution in [1.29, 1.82) is 0 Å². The highest BCUT2D eigenvalue weighted by atomic mass is 32.1. The first-order valence-corrected chi connectivity index (χ1v) is 12.3. The molecule has 0 aliphatic rings. The van der Waals surface area contributed by atoms with Gasteiger partial charge >= 0.3 is 5.97 Å². The van der Waals surface area contributed by atoms with Gasteiger partial charge in [-0.05, 0) is 50.5 Å². The Bertz CT molecular complexity index is 1320. The van der Waals surface area contributed by atoms with Crippen molar-refractivity contribution in [2.75, 3.05) is 34.9 Å². The number of carbonyl (C=O) groups is 1. The third-order valence-electron chi connectivity index (χ3n) is 5.71. The number of pyridine rings is 1. The Hall–Kier alpha value is -3.53. The molecule has 0 atom stereocenters. The summed E-state index contributed by atoms with van der Waals surface area (Å²) in [6.07, 6.45) is 0. The minimum absolute atomic E-state index is 0.125. The second kappa shape index (κ2) is 11.5. The Morgan fingerprint density at radius 2 is 1.67 bits per heavy atom. The molecule has 0 unspecified atom stereocenters. The monoisotopic (exact) mass is 506 g/mol. The van der Waals surface area contributed by atoms with Gasteiger partial charge in [-0.1, -0.05) is 18.2 Å². The lowest BCUT2D eigenvalue weighted by Gasteiger charge is -2.19. The maximum Gasteiger partial charge on any atom is 0.319 e. The van der Waals surface area contributed by atoms with Crippen molar-refractivity contribution in [3.8, 4) is 22.1 Å². The Labute approximate surface area is 214 Å². The second-order valence-electron chi connectivity index (χ2n) is 8.71. The van der Waals surface area contributed by atoms with Gasteiger partial charge in [-0.15, -0.1) is 11.3 Å². The molecule has 0 fully saturated rings. The Kier molecular flexibility index (Phi) is 8.14. The predicted octanol–water partition coefficient (Wildman–Crippen LogP) is 4.31. The second-order valence-corrected chi connectivity index (χ2v) is 9.74. The largest absolute Gasteiger partial charge is 0.504 e. The summed E-state index contributed by atoms with van der Waals surface area (Å²) in [5.41, 5.74) is 4.37. The maximum absolute atomic E-state index is 11.5. The minimum Gasteiger partial charge on any atom is -0.504 e. The molecule has 2 heterocycles. The number of phenols is 1. The highest BCUT2D eigenvalue weighted by Gasteiger charge is 2.16. The number of benzene rings is 2. The van der Waals surface area contributed by atoms with E-state index in [9.17, 15) is 9.90 Å². The molecule has 0 saturated carbocycles. The zero-order valence-electron chi connectivity index (χ0n) is 20.9. The molecule has 9 heteroatoms. The van der Waals surface area contributed by atoms with E-state index < -0.39 is 0 Å². The Morgan fingerprint density at radius 1 is 0.944 bits per heavy atom. The highest BCUT2D eigenvalue weighted by molar-refractivity contribution is 7.21. The summed E-state index contributed by atoms with van der Waals surface area (Å²) in [6.45, 7) is 1.82. The van der Waals surface area contributed by atoms with Gasteiger partial charge in [-0.3, -0.25) is 19.6 Å². The van der Waals surface area contributed by atoms with Gasteiger partial charge in [0.05, 0.1) is 42.4 Å². The van der Waals surface area contributed by atoms with Crippen LogP contribution in [0.3, 0.4) is 0 Å². The third-order valence-corrected chi connectivity index (χ3v) is 6.80. The molecule has 8 nitrogen and oxygen atoms in total. The summed E-state index contributed by atoms with van der Waals surface area (Å²) in [5.74, 6) is 0.265. The van der Waals surface area contributed by atoms with E-state index in [4.69, 9.17) is 19.4 Å². The Balaban J connectivity index is 1.50. The van der Waals surface area contributed by atoms with E-state index >= 15 is 0 Å². The van der Waals surface area contributed by atoms with Gasteiger partial charge in [0, 0.05) is 30.8 Å². The average Bonchev–Trinajstić information content (AvgIpc) is 3.29. The standard InChI is InChI=1S/C27H30N4O4S/c1-30(15-20-8-7-9-21(28-20)16-31(2)17-25(32)35-4)14-19-12-18(13-23(34-3)26(19)33)27-29-22-10-5-6-11-24(22)36-27/h5-13,33H,14-17H2,1-4H3. The number of nitrogens with zero attached hydrogens (tertiary/aromatic N) is 4. The van der Waals surface area contributed by atoms with Crippen molar-refractivity contribution in [2.45, 2.75) is 19.6 Å². The van der Waals surface area contributed by atoms with Crippen LogP contribution in [0.5, 0.6) is 11.5 Å². The summed E-state index contributed by atoms with van der Waals surface area (Å²) in [4.78, 5) is 25.0. The molecule has 0 amide bonds. The van der Waals surface area contributed by atoms with E-state index in [0.29, 0.717) is 25.4 Å². The number of aromatic hydroxyl groups is 1. The number of ether oxygens (including phenoxy) is 2. The fraction of sp³-hybridized carbons (Fsp3) is 0.296. The molecule has 0 spiro atoms. The summed E-state index contributed by atoms with van der Waals surface area (Å²) in [6, 6.07) is 17.7. The lowest BCUT2D eigenvalue weighted by atomic mass is 10.1. The first-order valence-electron chi connectivity index (χ1n) is 11.5. The van der Waals surface area contributed by atoms with Gasteiger partial charge in [0.1, 0.15) is 5.01 Å². The highest BCUT2D eigenvalue weighted by Crippen LogP contribution is 2.38. The van der Waals surface area contributed by atoms with Crippen LogP contribution in [0.2, 0.25) is 0 Å². The molecule has 188 valence electrons. The first-order chi connectivity index (χ1) is 17.4. The molecule has 2 aromatic carbocycles. The fourth-order valence-electron chi connectivity index (χ4n) is 4.01. The number of hydrogen-bond donors (Lipinski definition) is 1. The molecule has 4 rings (SSSR count). The molecular weight excluding hydrogens is 476 g/mol. The number of rotatable bonds is 10. The van der Waals surface area contributed by atoms with Gasteiger partial charge in [-0.2, -0.15) is 0 Å². The number of fused-ring (bicyclic) bond motifs is 1. The van der Waals surface area contributed by atoms with Crippen LogP contribution in [0.25, 0.3) is 20.8 Å². The molecule has 0 aliphatic heterocycles. The molecule has 0 radical (unpaired) electrons. The van der Waals surface area contributed by atoms with Crippen molar-refractivity contribution < 1.29 is 19.4 Å². The molecule has 36 heavy (non-hydrogen) atoms. The molecule has 0 aliphatic carbocycles. The fourth-order valence-corrected chi connectivity index (χ4v) is 4.96. The summed E-state index contributed by atoms with van der Waals surface area (Å²) < 4.78 is 11.3. The molecule has 1 N–H and O–H groups in total. The number of esters is 1. The number of aromatic nitrogens is 2. The van der Waals surface area contributed by atoms with E-state index in [2.05, 4.69) is 11.0 Å². The number of likely N-dealkylation sites (N-methyl/N-ethyl adjacent to an activating group) is 1. The van der Waals surface area contributed by atoms with Crippen LogP contribution < -0.4 is 4.74 Å². The van der Waals surface area contributed by atoms with E-state index in [1.54, 1.807) is 18.4 Å². The lowest BCUT2D eigenvalue weighted by molar-refractivity contribution is -0.141. The SMILES string of the molecule is COC(=O)CN(C)Cc1cccc(CN(C)Cc2cc(-c3nc4ccccc4s3)cc(OC)c2O)n1. The quantitative estimate of drug-likeness (QED) is 0.319. The topological polar surface area (TPSA) is 88.0 Å². The van der Waals surface area contributed by atoms with Crippen molar-refractivity contribution in [3.05, 3.63) is 71.5 Å². The molecule has 0 bridgehead atoms. The van der Waals surface area contributed by atoms with Crippen LogP contribution in [-0.4, -0.2) is 65.7 Å². The van der Waals surface area contributed by atoms with Gasteiger partial charge in [-0.25, -0.2) is 4.98 Å². The first kappa shape index (κ1) is 25.6. The van der Waals surface area contributed by atoms with E-state index in [1.807, 2.05) is 67.5 Å². The third kappa shape index (κ3) is 6.17. The molecule has 2 aromatic heterocycles. The van der Waals surface area contributed by atoms with Crippen molar-refractivity contribution in [3.63, 3.8) is 0 Å². The summed E-state index contributed by atoms with van der Waals surface area (Å²) in [5, 5.41) is 11.7. The Morgan fingerprint density at radius 3 is 2.36 bits per heavy atom. The van der Waals surface area contributed by atoms with Crippen LogP contribution in [0, 0.1) is 0 Å². The zero-order valence-corrected chi connectivity index (χ0v) is 21.7. The number of thiazole rings is 1. The zero-order chi connectivity index (χ0) is 25.7. The number of methoxy groups -OCH3 is 2. The van der Waals surface area contributed by atoms with Crippen LogP contribution in [0.4, 0.5) is 0 Å². The molecule has 4 aromatic rings.